The number of amides is 2. The van der Waals surface area contributed by atoms with Crippen molar-refractivity contribution in [1.82, 2.24) is 9.80 Å². The van der Waals surface area contributed by atoms with Gasteiger partial charge < -0.3 is 14.9 Å². The van der Waals surface area contributed by atoms with Crippen LogP contribution in [0.2, 0.25) is 0 Å². The summed E-state index contributed by atoms with van der Waals surface area (Å²) in [4.78, 5) is 29.6. The minimum atomic E-state index is -0.319. The van der Waals surface area contributed by atoms with Gasteiger partial charge in [0.1, 0.15) is 0 Å². The summed E-state index contributed by atoms with van der Waals surface area (Å²) < 4.78 is 0. The Kier molecular flexibility index (Phi) is 4.04. The van der Waals surface area contributed by atoms with E-state index in [2.05, 4.69) is 12.1 Å². The van der Waals surface area contributed by atoms with Gasteiger partial charge in [0.25, 0.3) is 0 Å². The van der Waals surface area contributed by atoms with E-state index in [1.165, 1.54) is 5.56 Å². The Balaban J connectivity index is 1.40. The fraction of sp³-hybridized carbons (Fsp3) is 0.636. The molecule has 4 aliphatic rings. The van der Waals surface area contributed by atoms with Gasteiger partial charge in [0, 0.05) is 31.3 Å². The molecule has 2 atom stereocenters. The standard InChI is InChI=1S/C22H28N2O3/c25-12-18-20(16-5-2-1-3-6-16)22(24(18)19(26)11-15-9-10-15)13-23(14-22)21(27)17-7-4-8-17/h1-3,5-6,15,17-18,20,25H,4,7-14H2/t18-,20-/m1/s1. The van der Waals surface area contributed by atoms with Crippen LogP contribution in [0.4, 0.5) is 0 Å². The number of rotatable bonds is 5. The molecule has 4 fully saturated rings. The van der Waals surface area contributed by atoms with Gasteiger partial charge in [-0.3, -0.25) is 9.59 Å². The van der Waals surface area contributed by atoms with Crippen molar-refractivity contribution in [3.05, 3.63) is 35.9 Å². The van der Waals surface area contributed by atoms with Crippen molar-refractivity contribution in [2.75, 3.05) is 19.7 Å². The zero-order valence-corrected chi connectivity index (χ0v) is 15.7. The molecule has 0 aromatic heterocycles. The molecule has 2 aliphatic carbocycles. The fourth-order valence-corrected chi connectivity index (χ4v) is 5.42. The molecule has 144 valence electrons. The second-order valence-corrected chi connectivity index (χ2v) is 8.98. The van der Waals surface area contributed by atoms with E-state index < -0.39 is 0 Å². The molecule has 2 saturated heterocycles. The SMILES string of the molecule is O=C(C1CCC1)N1CC2(C1)[C@H](c1ccccc1)[C@@H](CO)N2C(=O)CC1CC1. The van der Waals surface area contributed by atoms with E-state index in [1.54, 1.807) is 0 Å². The number of aliphatic hydroxyl groups excluding tert-OH is 1. The minimum Gasteiger partial charge on any atom is -0.394 e. The first-order valence-electron chi connectivity index (χ1n) is 10.4. The molecule has 1 N–H and O–H groups in total. The van der Waals surface area contributed by atoms with E-state index in [4.69, 9.17) is 0 Å². The summed E-state index contributed by atoms with van der Waals surface area (Å²) in [6.45, 7) is 1.22. The number of hydrogen-bond donors (Lipinski definition) is 1. The average Bonchev–Trinajstić information content (AvgIpc) is 3.36. The third kappa shape index (κ3) is 2.62. The van der Waals surface area contributed by atoms with Gasteiger partial charge in [-0.15, -0.1) is 0 Å². The summed E-state index contributed by atoms with van der Waals surface area (Å²) >= 11 is 0. The number of carbonyl (C=O) groups is 2. The van der Waals surface area contributed by atoms with Crippen LogP contribution < -0.4 is 0 Å². The number of likely N-dealkylation sites (tertiary alicyclic amines) is 2. The second kappa shape index (κ2) is 6.33. The Labute approximate surface area is 160 Å². The maximum Gasteiger partial charge on any atom is 0.225 e. The molecule has 0 radical (unpaired) electrons. The molecule has 2 aliphatic heterocycles. The number of benzene rings is 1. The molecular formula is C22H28N2O3. The Hall–Kier alpha value is -1.88. The molecule has 5 rings (SSSR count). The molecule has 27 heavy (non-hydrogen) atoms. The summed E-state index contributed by atoms with van der Waals surface area (Å²) in [6, 6.07) is 10.0. The van der Waals surface area contributed by atoms with E-state index in [-0.39, 0.29) is 41.8 Å². The fourth-order valence-electron chi connectivity index (χ4n) is 5.42. The molecular weight excluding hydrogens is 340 g/mol. The molecule has 1 aromatic carbocycles. The van der Waals surface area contributed by atoms with Crippen molar-refractivity contribution in [2.45, 2.75) is 56.0 Å². The van der Waals surface area contributed by atoms with Crippen LogP contribution in [0.1, 0.15) is 50.0 Å². The molecule has 0 bridgehead atoms. The lowest BCUT2D eigenvalue weighted by Crippen LogP contribution is -2.86. The largest absolute Gasteiger partial charge is 0.394 e. The van der Waals surface area contributed by atoms with Crippen LogP contribution in [0.5, 0.6) is 0 Å². The van der Waals surface area contributed by atoms with Crippen LogP contribution in [0, 0.1) is 11.8 Å². The van der Waals surface area contributed by atoms with Gasteiger partial charge in [0.05, 0.1) is 18.2 Å². The van der Waals surface area contributed by atoms with Gasteiger partial charge >= 0.3 is 0 Å². The average molecular weight is 368 g/mol. The van der Waals surface area contributed by atoms with Crippen molar-refractivity contribution in [3.63, 3.8) is 0 Å². The normalized spacial score (nSPS) is 29.1. The first kappa shape index (κ1) is 17.2. The Morgan fingerprint density at radius 1 is 1.07 bits per heavy atom. The topological polar surface area (TPSA) is 60.9 Å². The summed E-state index contributed by atoms with van der Waals surface area (Å²) in [6.07, 6.45) is 6.05. The number of nitrogens with zero attached hydrogens (tertiary/aromatic N) is 2. The van der Waals surface area contributed by atoms with E-state index in [0.717, 1.165) is 32.1 Å². The van der Waals surface area contributed by atoms with Gasteiger partial charge in [0.2, 0.25) is 11.8 Å². The van der Waals surface area contributed by atoms with Gasteiger partial charge in [-0.05, 0) is 37.2 Å². The second-order valence-electron chi connectivity index (χ2n) is 8.98. The van der Waals surface area contributed by atoms with E-state index >= 15 is 0 Å². The van der Waals surface area contributed by atoms with Crippen molar-refractivity contribution in [3.8, 4) is 0 Å². The number of carbonyl (C=O) groups excluding carboxylic acids is 2. The number of hydrogen-bond acceptors (Lipinski definition) is 3. The van der Waals surface area contributed by atoms with Crippen molar-refractivity contribution < 1.29 is 14.7 Å². The highest BCUT2D eigenvalue weighted by molar-refractivity contribution is 5.84. The monoisotopic (exact) mass is 368 g/mol. The molecule has 1 spiro atoms. The number of aliphatic hydroxyl groups is 1. The van der Waals surface area contributed by atoms with Gasteiger partial charge in [-0.25, -0.2) is 0 Å². The van der Waals surface area contributed by atoms with Gasteiger partial charge in [-0.1, -0.05) is 36.8 Å². The lowest BCUT2D eigenvalue weighted by Gasteiger charge is -2.70. The minimum absolute atomic E-state index is 0.0196. The summed E-state index contributed by atoms with van der Waals surface area (Å²) in [5.74, 6) is 1.26. The Morgan fingerprint density at radius 2 is 1.78 bits per heavy atom. The van der Waals surface area contributed by atoms with Gasteiger partial charge in [0.15, 0.2) is 0 Å². The molecule has 2 saturated carbocycles. The third-order valence-corrected chi connectivity index (χ3v) is 7.25. The maximum atomic E-state index is 13.0. The van der Waals surface area contributed by atoms with Crippen molar-refractivity contribution in [2.24, 2.45) is 11.8 Å². The summed E-state index contributed by atoms with van der Waals surface area (Å²) in [5.41, 5.74) is 0.850. The van der Waals surface area contributed by atoms with Crippen LogP contribution in [-0.4, -0.2) is 58.0 Å². The quantitative estimate of drug-likeness (QED) is 0.866. The molecule has 5 heteroatoms. The smallest absolute Gasteiger partial charge is 0.225 e. The highest BCUT2D eigenvalue weighted by atomic mass is 16.3. The first-order chi connectivity index (χ1) is 13.1. The van der Waals surface area contributed by atoms with Crippen molar-refractivity contribution in [1.29, 1.82) is 0 Å². The summed E-state index contributed by atoms with van der Waals surface area (Å²) in [7, 11) is 0. The van der Waals surface area contributed by atoms with E-state index in [1.807, 2.05) is 28.0 Å². The maximum absolute atomic E-state index is 13.0. The van der Waals surface area contributed by atoms with Crippen LogP contribution in [0.25, 0.3) is 0 Å². The van der Waals surface area contributed by atoms with E-state index in [9.17, 15) is 14.7 Å². The highest BCUT2D eigenvalue weighted by Gasteiger charge is 2.68. The van der Waals surface area contributed by atoms with Crippen LogP contribution >= 0.6 is 0 Å². The summed E-state index contributed by atoms with van der Waals surface area (Å²) in [5, 5.41) is 10.1. The molecule has 1 aromatic rings. The lowest BCUT2D eigenvalue weighted by atomic mass is 9.60. The zero-order chi connectivity index (χ0) is 18.6. The predicted octanol–water partition coefficient (Wildman–Crippen LogP) is 2.15. The molecule has 5 nitrogen and oxygen atoms in total. The van der Waals surface area contributed by atoms with Crippen LogP contribution in [0.15, 0.2) is 30.3 Å². The van der Waals surface area contributed by atoms with Crippen LogP contribution in [0.3, 0.4) is 0 Å². The Bertz CT molecular complexity index is 735. The first-order valence-corrected chi connectivity index (χ1v) is 10.4. The highest BCUT2D eigenvalue weighted by Crippen LogP contribution is 2.55. The molecule has 2 amide bonds. The van der Waals surface area contributed by atoms with Crippen molar-refractivity contribution >= 4 is 11.8 Å². The Morgan fingerprint density at radius 3 is 2.33 bits per heavy atom. The third-order valence-electron chi connectivity index (χ3n) is 7.25. The zero-order valence-electron chi connectivity index (χ0n) is 15.7. The lowest BCUT2D eigenvalue weighted by molar-refractivity contribution is -0.205. The predicted molar refractivity (Wildman–Crippen MR) is 101 cm³/mol. The molecule has 2 heterocycles. The molecule has 0 unspecified atom stereocenters. The van der Waals surface area contributed by atoms with Gasteiger partial charge in [-0.2, -0.15) is 0 Å². The van der Waals surface area contributed by atoms with E-state index in [0.29, 0.717) is 25.4 Å². The van der Waals surface area contributed by atoms with Crippen LogP contribution in [-0.2, 0) is 9.59 Å².